The minimum absolute atomic E-state index is 0.00591. The number of hydrogen-bond donors (Lipinski definition) is 0. The lowest BCUT2D eigenvalue weighted by Crippen LogP contribution is -2.30. The molecule has 1 aromatic heterocycles. The number of sulfonamides is 1. The molecule has 0 aliphatic carbocycles. The van der Waals surface area contributed by atoms with Crippen LogP contribution in [-0.2, 0) is 16.6 Å². The van der Waals surface area contributed by atoms with E-state index in [0.29, 0.717) is 18.2 Å². The van der Waals surface area contributed by atoms with E-state index in [1.165, 1.54) is 18.2 Å². The molecule has 0 aliphatic rings. The van der Waals surface area contributed by atoms with Crippen LogP contribution in [0, 0.1) is 5.82 Å². The van der Waals surface area contributed by atoms with Gasteiger partial charge in [-0.05, 0) is 25.1 Å². The van der Waals surface area contributed by atoms with Gasteiger partial charge in [-0.1, -0.05) is 18.2 Å². The van der Waals surface area contributed by atoms with Crippen molar-refractivity contribution in [3.8, 4) is 5.88 Å². The number of rotatable bonds is 6. The normalized spacial score (nSPS) is 11.2. The molecular weight excluding hydrogens is 307 g/mol. The van der Waals surface area contributed by atoms with Gasteiger partial charge in [-0.25, -0.2) is 17.8 Å². The van der Waals surface area contributed by atoms with Gasteiger partial charge in [0, 0.05) is 6.07 Å². The summed E-state index contributed by atoms with van der Waals surface area (Å²) in [5.74, 6) is -0.198. The van der Waals surface area contributed by atoms with Crippen molar-refractivity contribution >= 4 is 15.7 Å². The average Bonchev–Trinajstić information content (AvgIpc) is 2.45. The topological polar surface area (TPSA) is 59.5 Å². The van der Waals surface area contributed by atoms with Crippen molar-refractivity contribution in [3.63, 3.8) is 0 Å². The first-order chi connectivity index (χ1) is 10.4. The number of para-hydroxylation sites is 1. The Morgan fingerprint density at radius 2 is 1.91 bits per heavy atom. The zero-order valence-electron chi connectivity index (χ0n) is 12.4. The second kappa shape index (κ2) is 6.74. The summed E-state index contributed by atoms with van der Waals surface area (Å²) >= 11 is 0. The van der Waals surface area contributed by atoms with E-state index in [4.69, 9.17) is 4.74 Å². The van der Waals surface area contributed by atoms with Crippen LogP contribution in [0.3, 0.4) is 0 Å². The summed E-state index contributed by atoms with van der Waals surface area (Å²) in [5.41, 5.74) is 0.466. The Morgan fingerprint density at radius 1 is 1.18 bits per heavy atom. The molecule has 0 N–H and O–H groups in total. The van der Waals surface area contributed by atoms with Crippen molar-refractivity contribution in [1.82, 2.24) is 4.98 Å². The van der Waals surface area contributed by atoms with Gasteiger partial charge >= 0.3 is 0 Å². The molecule has 7 heteroatoms. The maximum absolute atomic E-state index is 13.9. The average molecular weight is 324 g/mol. The molecule has 0 fully saturated rings. The molecule has 5 nitrogen and oxygen atoms in total. The molecule has 0 saturated carbocycles. The van der Waals surface area contributed by atoms with Crippen molar-refractivity contribution in [2.75, 3.05) is 17.2 Å². The van der Waals surface area contributed by atoms with Gasteiger partial charge in [0.2, 0.25) is 15.9 Å². The van der Waals surface area contributed by atoms with Crippen LogP contribution in [0.15, 0.2) is 42.5 Å². The number of anilines is 1. The lowest BCUT2D eigenvalue weighted by atomic mass is 10.3. The number of pyridine rings is 1. The molecule has 118 valence electrons. The van der Waals surface area contributed by atoms with Crippen LogP contribution in [0.1, 0.15) is 12.6 Å². The van der Waals surface area contributed by atoms with Gasteiger partial charge in [0.15, 0.2) is 0 Å². The molecule has 0 radical (unpaired) electrons. The monoisotopic (exact) mass is 324 g/mol. The van der Waals surface area contributed by atoms with Gasteiger partial charge in [-0.15, -0.1) is 0 Å². The molecule has 0 aliphatic heterocycles. The molecule has 0 bridgehead atoms. The lowest BCUT2D eigenvalue weighted by Gasteiger charge is -2.22. The Hall–Kier alpha value is -2.15. The lowest BCUT2D eigenvalue weighted by molar-refractivity contribution is 0.326. The molecule has 22 heavy (non-hydrogen) atoms. The summed E-state index contributed by atoms with van der Waals surface area (Å²) in [5, 5.41) is 0. The fraction of sp³-hybridized carbons (Fsp3) is 0.267. The molecule has 0 atom stereocenters. The number of benzene rings is 1. The molecule has 2 aromatic rings. The highest BCUT2D eigenvalue weighted by atomic mass is 32.2. The third kappa shape index (κ3) is 3.94. The van der Waals surface area contributed by atoms with Crippen LogP contribution in [0.5, 0.6) is 5.88 Å². The maximum Gasteiger partial charge on any atom is 0.232 e. The van der Waals surface area contributed by atoms with Crippen LogP contribution in [-0.4, -0.2) is 26.3 Å². The molecule has 0 amide bonds. The number of aromatic nitrogens is 1. The molecule has 0 unspecified atom stereocenters. The van der Waals surface area contributed by atoms with Crippen molar-refractivity contribution < 1.29 is 17.5 Å². The molecule has 1 heterocycles. The van der Waals surface area contributed by atoms with Gasteiger partial charge < -0.3 is 4.74 Å². The zero-order chi connectivity index (χ0) is 16.2. The molecule has 0 spiro atoms. The first kappa shape index (κ1) is 16.2. The highest BCUT2D eigenvalue weighted by Crippen LogP contribution is 2.23. The SMILES string of the molecule is CCOc1cccc(CN(c2ccccc2F)S(C)(=O)=O)n1. The zero-order valence-corrected chi connectivity index (χ0v) is 13.2. The minimum Gasteiger partial charge on any atom is -0.478 e. The van der Waals surface area contributed by atoms with Crippen LogP contribution < -0.4 is 9.04 Å². The van der Waals surface area contributed by atoms with Crippen LogP contribution in [0.25, 0.3) is 0 Å². The maximum atomic E-state index is 13.9. The molecule has 0 saturated heterocycles. The van der Waals surface area contributed by atoms with Crippen LogP contribution in [0.2, 0.25) is 0 Å². The second-order valence-corrected chi connectivity index (χ2v) is 6.53. The number of hydrogen-bond acceptors (Lipinski definition) is 4. The van der Waals surface area contributed by atoms with E-state index in [-0.39, 0.29) is 12.2 Å². The summed E-state index contributed by atoms with van der Waals surface area (Å²) in [6.45, 7) is 2.22. The van der Waals surface area contributed by atoms with E-state index >= 15 is 0 Å². The van der Waals surface area contributed by atoms with Crippen LogP contribution in [0.4, 0.5) is 10.1 Å². The first-order valence-corrected chi connectivity index (χ1v) is 8.57. The fourth-order valence-corrected chi connectivity index (χ4v) is 2.83. The van der Waals surface area contributed by atoms with Gasteiger partial charge in [-0.3, -0.25) is 4.31 Å². The standard InChI is InChI=1S/C15H17FN2O3S/c1-3-21-15-10-6-7-12(17-15)11-18(22(2,19)20)14-9-5-4-8-13(14)16/h4-10H,3,11H2,1-2H3. The fourth-order valence-electron chi connectivity index (χ4n) is 1.96. The number of halogens is 1. The summed E-state index contributed by atoms with van der Waals surface area (Å²) in [7, 11) is -3.65. The van der Waals surface area contributed by atoms with Crippen molar-refractivity contribution in [2.24, 2.45) is 0 Å². The van der Waals surface area contributed by atoms with E-state index in [1.807, 2.05) is 6.92 Å². The predicted molar refractivity (Wildman–Crippen MR) is 82.8 cm³/mol. The Labute approximate surface area is 129 Å². The summed E-state index contributed by atoms with van der Waals surface area (Å²) < 4.78 is 44.2. The molecule has 1 aromatic carbocycles. The van der Waals surface area contributed by atoms with E-state index < -0.39 is 15.8 Å². The highest BCUT2D eigenvalue weighted by molar-refractivity contribution is 7.92. The highest BCUT2D eigenvalue weighted by Gasteiger charge is 2.21. The molecular formula is C15H17FN2O3S. The Kier molecular flexibility index (Phi) is 4.97. The van der Waals surface area contributed by atoms with Gasteiger partial charge in [0.1, 0.15) is 5.82 Å². The Bertz CT molecular complexity index is 750. The van der Waals surface area contributed by atoms with Gasteiger partial charge in [0.25, 0.3) is 0 Å². The smallest absolute Gasteiger partial charge is 0.232 e. The Balaban J connectivity index is 2.37. The third-order valence-electron chi connectivity index (χ3n) is 2.90. The van der Waals surface area contributed by atoms with E-state index in [1.54, 1.807) is 24.3 Å². The number of ether oxygens (including phenoxy) is 1. The van der Waals surface area contributed by atoms with E-state index in [9.17, 15) is 12.8 Å². The van der Waals surface area contributed by atoms with Crippen LogP contribution >= 0.6 is 0 Å². The summed E-state index contributed by atoms with van der Waals surface area (Å²) in [6.07, 6.45) is 1.03. The summed E-state index contributed by atoms with van der Waals surface area (Å²) in [6, 6.07) is 10.8. The largest absolute Gasteiger partial charge is 0.478 e. The van der Waals surface area contributed by atoms with Gasteiger partial charge in [-0.2, -0.15) is 0 Å². The quantitative estimate of drug-likeness (QED) is 0.819. The predicted octanol–water partition coefficient (Wildman–Crippen LogP) is 2.59. The third-order valence-corrected chi connectivity index (χ3v) is 4.03. The Morgan fingerprint density at radius 3 is 2.55 bits per heavy atom. The van der Waals surface area contributed by atoms with Crippen molar-refractivity contribution in [2.45, 2.75) is 13.5 Å². The summed E-state index contributed by atoms with van der Waals surface area (Å²) in [4.78, 5) is 4.22. The van der Waals surface area contributed by atoms with Crippen molar-refractivity contribution in [3.05, 3.63) is 54.0 Å². The minimum atomic E-state index is -3.65. The van der Waals surface area contributed by atoms with E-state index in [0.717, 1.165) is 10.6 Å². The second-order valence-electron chi connectivity index (χ2n) is 4.62. The first-order valence-electron chi connectivity index (χ1n) is 6.73. The van der Waals surface area contributed by atoms with E-state index in [2.05, 4.69) is 4.98 Å². The van der Waals surface area contributed by atoms with Crippen molar-refractivity contribution in [1.29, 1.82) is 0 Å². The van der Waals surface area contributed by atoms with Gasteiger partial charge in [0.05, 0.1) is 30.8 Å². The molecule has 2 rings (SSSR count). The number of nitrogens with zero attached hydrogens (tertiary/aromatic N) is 2.